The molecule has 1 amide bonds. The highest BCUT2D eigenvalue weighted by atomic mass is 16.5. The van der Waals surface area contributed by atoms with Crippen LogP contribution in [0.2, 0.25) is 0 Å². The van der Waals surface area contributed by atoms with Crippen molar-refractivity contribution in [1.29, 1.82) is 0 Å². The van der Waals surface area contributed by atoms with Gasteiger partial charge in [-0.2, -0.15) is 9.90 Å². The number of aromatic nitrogens is 3. The molecular weight excluding hydrogens is 360 g/mol. The monoisotopic (exact) mass is 382 g/mol. The van der Waals surface area contributed by atoms with Crippen molar-refractivity contribution in [3.8, 4) is 22.9 Å². The van der Waals surface area contributed by atoms with E-state index >= 15 is 0 Å². The quantitative estimate of drug-likeness (QED) is 0.676. The number of nitrogens with zero attached hydrogens (tertiary/aromatic N) is 3. The van der Waals surface area contributed by atoms with E-state index < -0.39 is 0 Å². The number of carbonyl (C=O) groups is 1. The van der Waals surface area contributed by atoms with Crippen LogP contribution in [-0.2, 0) is 6.54 Å². The predicted molar refractivity (Wildman–Crippen MR) is 103 cm³/mol. The minimum absolute atomic E-state index is 0.236. The highest BCUT2D eigenvalue weighted by molar-refractivity contribution is 5.93. The first kappa shape index (κ1) is 19.2. The summed E-state index contributed by atoms with van der Waals surface area (Å²) in [6.07, 6.45) is 0. The Labute approximate surface area is 163 Å². The van der Waals surface area contributed by atoms with Gasteiger partial charge in [-0.25, -0.2) is 0 Å². The molecule has 0 aliphatic carbocycles. The van der Waals surface area contributed by atoms with Crippen LogP contribution in [0.3, 0.4) is 0 Å². The molecule has 0 saturated heterocycles. The van der Waals surface area contributed by atoms with Crippen molar-refractivity contribution in [3.05, 3.63) is 59.4 Å². The fraction of sp³-hybridized carbons (Fsp3) is 0.250. The van der Waals surface area contributed by atoms with Gasteiger partial charge in [-0.05, 0) is 25.1 Å². The zero-order valence-electron chi connectivity index (χ0n) is 16.2. The van der Waals surface area contributed by atoms with Crippen LogP contribution in [0, 0.1) is 6.92 Å². The molecular formula is C20H22N4O4. The van der Waals surface area contributed by atoms with Gasteiger partial charge in [0.05, 0.1) is 32.7 Å². The Balaban J connectivity index is 1.79. The predicted octanol–water partition coefficient (Wildman–Crippen LogP) is 2.53. The largest absolute Gasteiger partial charge is 0.496 e. The van der Waals surface area contributed by atoms with Crippen LogP contribution in [0.25, 0.3) is 5.69 Å². The molecule has 3 aromatic rings. The van der Waals surface area contributed by atoms with Gasteiger partial charge in [0.1, 0.15) is 5.75 Å². The smallest absolute Gasteiger partial charge is 0.274 e. The first-order valence-corrected chi connectivity index (χ1v) is 8.63. The topological polar surface area (TPSA) is 87.5 Å². The molecule has 0 saturated carbocycles. The molecule has 0 atom stereocenters. The summed E-state index contributed by atoms with van der Waals surface area (Å²) in [7, 11) is 4.66. The third-order valence-electron chi connectivity index (χ3n) is 4.21. The summed E-state index contributed by atoms with van der Waals surface area (Å²) in [5.41, 5.74) is 2.34. The van der Waals surface area contributed by atoms with E-state index in [1.807, 2.05) is 30.3 Å². The van der Waals surface area contributed by atoms with E-state index in [1.54, 1.807) is 40.4 Å². The van der Waals surface area contributed by atoms with Gasteiger partial charge < -0.3 is 19.5 Å². The number of carbonyl (C=O) groups excluding carboxylic acids is 1. The van der Waals surface area contributed by atoms with Crippen LogP contribution in [0.4, 0.5) is 0 Å². The summed E-state index contributed by atoms with van der Waals surface area (Å²) in [5, 5.41) is 11.5. The normalized spacial score (nSPS) is 10.4. The Morgan fingerprint density at radius 2 is 1.61 bits per heavy atom. The number of rotatable bonds is 7. The van der Waals surface area contributed by atoms with Crippen molar-refractivity contribution in [2.24, 2.45) is 0 Å². The summed E-state index contributed by atoms with van der Waals surface area (Å²) in [5.74, 6) is 1.37. The summed E-state index contributed by atoms with van der Waals surface area (Å²) in [6, 6.07) is 12.9. The summed E-state index contributed by atoms with van der Waals surface area (Å²) >= 11 is 0. The molecule has 0 unspecified atom stereocenters. The Morgan fingerprint density at radius 3 is 2.25 bits per heavy atom. The number of methoxy groups -OCH3 is 3. The zero-order valence-corrected chi connectivity index (χ0v) is 16.2. The summed E-state index contributed by atoms with van der Waals surface area (Å²) in [6.45, 7) is 1.98. The van der Waals surface area contributed by atoms with Gasteiger partial charge in [-0.15, -0.1) is 5.10 Å². The molecule has 1 aromatic heterocycles. The number of para-hydroxylation sites is 1. The molecule has 28 heavy (non-hydrogen) atoms. The van der Waals surface area contributed by atoms with Crippen molar-refractivity contribution in [2.45, 2.75) is 13.5 Å². The second kappa shape index (κ2) is 8.43. The van der Waals surface area contributed by atoms with Crippen LogP contribution in [0.5, 0.6) is 17.2 Å². The lowest BCUT2D eigenvalue weighted by atomic mass is 10.1. The average molecular weight is 382 g/mol. The lowest BCUT2D eigenvalue weighted by Gasteiger charge is -2.14. The Bertz CT molecular complexity index is 970. The van der Waals surface area contributed by atoms with Gasteiger partial charge in [0.2, 0.25) is 0 Å². The summed E-state index contributed by atoms with van der Waals surface area (Å²) in [4.78, 5) is 14.1. The lowest BCUT2D eigenvalue weighted by molar-refractivity contribution is 0.0944. The maximum Gasteiger partial charge on any atom is 0.274 e. The molecule has 8 nitrogen and oxygen atoms in total. The Hall–Kier alpha value is -3.55. The minimum Gasteiger partial charge on any atom is -0.496 e. The maximum atomic E-state index is 12.6. The van der Waals surface area contributed by atoms with Crippen molar-refractivity contribution in [1.82, 2.24) is 20.3 Å². The maximum absolute atomic E-state index is 12.6. The summed E-state index contributed by atoms with van der Waals surface area (Å²) < 4.78 is 16.0. The molecule has 3 rings (SSSR count). The van der Waals surface area contributed by atoms with Crippen LogP contribution in [0.1, 0.15) is 21.7 Å². The highest BCUT2D eigenvalue weighted by Gasteiger charge is 2.18. The standard InChI is InChI=1S/C20H22N4O4/c1-13-19(23-24(22-13)15-8-6-5-7-9-15)20(25)21-12-14-10-17(27-3)18(28-4)11-16(14)26-2/h5-11H,12H2,1-4H3,(H,21,25). The lowest BCUT2D eigenvalue weighted by Crippen LogP contribution is -2.24. The van der Waals surface area contributed by atoms with Gasteiger partial charge in [0.25, 0.3) is 5.91 Å². The second-order valence-corrected chi connectivity index (χ2v) is 5.96. The molecule has 0 aliphatic heterocycles. The van der Waals surface area contributed by atoms with E-state index in [2.05, 4.69) is 15.5 Å². The molecule has 0 fully saturated rings. The van der Waals surface area contributed by atoms with Crippen LogP contribution in [0.15, 0.2) is 42.5 Å². The van der Waals surface area contributed by atoms with Gasteiger partial charge in [-0.3, -0.25) is 4.79 Å². The molecule has 146 valence electrons. The van der Waals surface area contributed by atoms with Crippen molar-refractivity contribution in [2.75, 3.05) is 21.3 Å². The number of ether oxygens (including phenoxy) is 3. The fourth-order valence-corrected chi connectivity index (χ4v) is 2.76. The molecule has 0 radical (unpaired) electrons. The molecule has 0 bridgehead atoms. The average Bonchev–Trinajstić information content (AvgIpc) is 3.13. The third-order valence-corrected chi connectivity index (χ3v) is 4.21. The van der Waals surface area contributed by atoms with Crippen molar-refractivity contribution >= 4 is 5.91 Å². The molecule has 2 aromatic carbocycles. The number of aryl methyl sites for hydroxylation is 1. The van der Waals surface area contributed by atoms with Crippen LogP contribution >= 0.6 is 0 Å². The van der Waals surface area contributed by atoms with Gasteiger partial charge in [0.15, 0.2) is 17.2 Å². The first-order valence-electron chi connectivity index (χ1n) is 8.63. The Morgan fingerprint density at radius 1 is 0.964 bits per heavy atom. The first-order chi connectivity index (χ1) is 13.6. The van der Waals surface area contributed by atoms with E-state index in [9.17, 15) is 4.79 Å². The van der Waals surface area contributed by atoms with Crippen molar-refractivity contribution in [3.63, 3.8) is 0 Å². The van der Waals surface area contributed by atoms with Gasteiger partial charge >= 0.3 is 0 Å². The Kier molecular flexibility index (Phi) is 5.78. The second-order valence-electron chi connectivity index (χ2n) is 5.96. The molecule has 0 aliphatic rings. The van der Waals surface area contributed by atoms with E-state index in [0.717, 1.165) is 11.3 Å². The number of hydrogen-bond acceptors (Lipinski definition) is 6. The van der Waals surface area contributed by atoms with Crippen LogP contribution in [-0.4, -0.2) is 42.2 Å². The van der Waals surface area contributed by atoms with Gasteiger partial charge in [-0.1, -0.05) is 18.2 Å². The van der Waals surface area contributed by atoms with Gasteiger partial charge in [0, 0.05) is 18.2 Å². The number of amides is 1. The third kappa shape index (κ3) is 3.90. The van der Waals surface area contributed by atoms with Crippen molar-refractivity contribution < 1.29 is 19.0 Å². The van der Waals surface area contributed by atoms with E-state index in [-0.39, 0.29) is 18.1 Å². The molecule has 1 heterocycles. The van der Waals surface area contributed by atoms with E-state index in [1.165, 1.54) is 4.80 Å². The fourth-order valence-electron chi connectivity index (χ4n) is 2.76. The number of hydrogen-bond donors (Lipinski definition) is 1. The highest BCUT2D eigenvalue weighted by Crippen LogP contribution is 2.34. The molecule has 8 heteroatoms. The zero-order chi connectivity index (χ0) is 20.1. The van der Waals surface area contributed by atoms with E-state index in [0.29, 0.717) is 22.9 Å². The molecule has 0 spiro atoms. The SMILES string of the molecule is COc1cc(OC)c(OC)cc1CNC(=O)c1nn(-c2ccccc2)nc1C. The molecule has 1 N–H and O–H groups in total. The number of benzene rings is 2. The van der Waals surface area contributed by atoms with E-state index in [4.69, 9.17) is 14.2 Å². The van der Waals surface area contributed by atoms with Crippen LogP contribution < -0.4 is 19.5 Å². The number of nitrogens with one attached hydrogen (secondary N) is 1. The minimum atomic E-state index is -0.323.